The molecule has 0 unspecified atom stereocenters. The van der Waals surface area contributed by atoms with Crippen molar-refractivity contribution in [3.63, 3.8) is 0 Å². The summed E-state index contributed by atoms with van der Waals surface area (Å²) in [7, 11) is 0. The summed E-state index contributed by atoms with van der Waals surface area (Å²) in [6.07, 6.45) is 12.1. The molecule has 1 rings (SSSR count). The van der Waals surface area contributed by atoms with Crippen molar-refractivity contribution in [1.29, 1.82) is 0 Å². The van der Waals surface area contributed by atoms with E-state index in [1.54, 1.807) is 12.2 Å². The molecular weight excluding hydrogens is 272 g/mol. The van der Waals surface area contributed by atoms with Gasteiger partial charge in [-0.25, -0.2) is 4.79 Å². The first-order chi connectivity index (χ1) is 10.5. The van der Waals surface area contributed by atoms with E-state index in [0.717, 1.165) is 30.4 Å². The van der Waals surface area contributed by atoms with Gasteiger partial charge in [-0.1, -0.05) is 57.2 Å². The van der Waals surface area contributed by atoms with Crippen LogP contribution in [0.2, 0.25) is 0 Å². The lowest BCUT2D eigenvalue weighted by atomic mass is 9.92. The second kappa shape index (κ2) is 9.04. The molecule has 2 heteroatoms. The quantitative estimate of drug-likeness (QED) is 0.561. The maximum Gasteiger partial charge on any atom is 0.336 e. The van der Waals surface area contributed by atoms with Gasteiger partial charge in [0.05, 0.1) is 5.57 Å². The molecule has 0 amide bonds. The lowest BCUT2D eigenvalue weighted by Gasteiger charge is -2.13. The largest absolute Gasteiger partial charge is 0.478 e. The van der Waals surface area contributed by atoms with E-state index in [4.69, 9.17) is 0 Å². The van der Waals surface area contributed by atoms with Crippen LogP contribution in [0, 0.1) is 6.92 Å². The maximum atomic E-state index is 11.6. The molecule has 1 aromatic carbocycles. The zero-order valence-electron chi connectivity index (χ0n) is 14.0. The molecule has 0 saturated heterocycles. The normalized spacial score (nSPS) is 12.5. The van der Waals surface area contributed by atoms with E-state index in [-0.39, 0.29) is 0 Å². The van der Waals surface area contributed by atoms with Crippen molar-refractivity contribution < 1.29 is 9.90 Å². The lowest BCUT2D eigenvalue weighted by molar-refractivity contribution is -0.130. The molecule has 0 atom stereocenters. The van der Waals surface area contributed by atoms with Crippen molar-refractivity contribution in [3.8, 4) is 0 Å². The Morgan fingerprint density at radius 2 is 1.68 bits per heavy atom. The average molecular weight is 298 g/mol. The average Bonchev–Trinajstić information content (AvgIpc) is 2.50. The van der Waals surface area contributed by atoms with Crippen LogP contribution in [0.4, 0.5) is 0 Å². The summed E-state index contributed by atoms with van der Waals surface area (Å²) in [6, 6.07) is 4.15. The molecule has 0 fully saturated rings. The second-order valence-electron chi connectivity index (χ2n) is 5.25. The highest BCUT2D eigenvalue weighted by atomic mass is 16.4. The van der Waals surface area contributed by atoms with Crippen molar-refractivity contribution in [2.24, 2.45) is 0 Å². The number of hydrogen-bond donors (Lipinski definition) is 1. The fraction of sp³-hybridized carbons (Fsp3) is 0.350. The Morgan fingerprint density at radius 3 is 2.23 bits per heavy atom. The lowest BCUT2D eigenvalue weighted by Crippen LogP contribution is -2.04. The fourth-order valence-corrected chi connectivity index (χ4v) is 2.47. The Labute approximate surface area is 133 Å². The molecule has 0 aliphatic rings. The molecule has 0 bridgehead atoms. The second-order valence-corrected chi connectivity index (χ2v) is 5.25. The highest BCUT2D eigenvalue weighted by molar-refractivity contribution is 6.16. The minimum absolute atomic E-state index is 0.344. The minimum atomic E-state index is -0.890. The van der Waals surface area contributed by atoms with Gasteiger partial charge in [-0.05, 0) is 54.5 Å². The number of carboxylic acid groups (broad SMARTS) is 1. The molecule has 0 saturated carbocycles. The zero-order chi connectivity index (χ0) is 16.5. The molecule has 2 nitrogen and oxygen atoms in total. The number of carbonyl (C=O) groups is 1. The highest BCUT2D eigenvalue weighted by Gasteiger charge is 2.14. The molecule has 22 heavy (non-hydrogen) atoms. The van der Waals surface area contributed by atoms with Crippen LogP contribution in [0.25, 0.3) is 5.57 Å². The molecule has 0 radical (unpaired) electrons. The molecule has 1 aromatic rings. The van der Waals surface area contributed by atoms with E-state index < -0.39 is 5.97 Å². The van der Waals surface area contributed by atoms with Crippen molar-refractivity contribution in [2.75, 3.05) is 0 Å². The molecule has 0 aliphatic heterocycles. The summed E-state index contributed by atoms with van der Waals surface area (Å²) in [4.78, 5) is 11.6. The van der Waals surface area contributed by atoms with Crippen LogP contribution in [0.3, 0.4) is 0 Å². The van der Waals surface area contributed by atoms with Gasteiger partial charge in [0.2, 0.25) is 0 Å². The summed E-state index contributed by atoms with van der Waals surface area (Å²) >= 11 is 0. The van der Waals surface area contributed by atoms with Crippen LogP contribution in [0.15, 0.2) is 42.5 Å². The first kappa shape index (κ1) is 18.0. The summed E-state index contributed by atoms with van der Waals surface area (Å²) in [6.45, 7) is 8.27. The Morgan fingerprint density at radius 1 is 1.05 bits per heavy atom. The van der Waals surface area contributed by atoms with E-state index in [1.807, 2.05) is 31.2 Å². The number of aliphatic carboxylic acids is 1. The van der Waals surface area contributed by atoms with Crippen LogP contribution >= 0.6 is 0 Å². The van der Waals surface area contributed by atoms with E-state index in [2.05, 4.69) is 26.8 Å². The number of aryl methyl sites for hydroxylation is 3. The highest BCUT2D eigenvalue weighted by Crippen LogP contribution is 2.24. The minimum Gasteiger partial charge on any atom is -0.478 e. The third kappa shape index (κ3) is 4.73. The van der Waals surface area contributed by atoms with Gasteiger partial charge >= 0.3 is 5.97 Å². The third-order valence-corrected chi connectivity index (χ3v) is 3.69. The third-order valence-electron chi connectivity index (χ3n) is 3.69. The van der Waals surface area contributed by atoms with Crippen LogP contribution in [-0.4, -0.2) is 11.1 Å². The van der Waals surface area contributed by atoms with Crippen LogP contribution in [0.5, 0.6) is 0 Å². The monoisotopic (exact) mass is 298 g/mol. The SMILES string of the molecule is CCC=CC=CC=C(C(=O)O)c1cc(CC)c(CC)cc1C. The topological polar surface area (TPSA) is 37.3 Å². The van der Waals surface area contributed by atoms with Gasteiger partial charge in [0.15, 0.2) is 0 Å². The van der Waals surface area contributed by atoms with Crippen LogP contribution in [-0.2, 0) is 17.6 Å². The molecular formula is C20H26O2. The van der Waals surface area contributed by atoms with Gasteiger partial charge in [-0.15, -0.1) is 0 Å². The molecule has 0 spiro atoms. The number of rotatable bonds is 7. The predicted octanol–water partition coefficient (Wildman–Crippen LogP) is 5.11. The van der Waals surface area contributed by atoms with Crippen molar-refractivity contribution in [3.05, 3.63) is 64.8 Å². The van der Waals surface area contributed by atoms with Gasteiger partial charge in [0.1, 0.15) is 0 Å². The van der Waals surface area contributed by atoms with Crippen LogP contribution in [0.1, 0.15) is 49.4 Å². The summed E-state index contributed by atoms with van der Waals surface area (Å²) in [5.41, 5.74) is 4.70. The van der Waals surface area contributed by atoms with E-state index in [9.17, 15) is 9.90 Å². The van der Waals surface area contributed by atoms with E-state index in [0.29, 0.717) is 5.57 Å². The fourth-order valence-electron chi connectivity index (χ4n) is 2.47. The number of allylic oxidation sites excluding steroid dienone is 5. The first-order valence-electron chi connectivity index (χ1n) is 7.94. The predicted molar refractivity (Wildman–Crippen MR) is 94.1 cm³/mol. The standard InChI is InChI=1S/C20H26O2/c1-5-8-9-10-11-12-18(20(21)22)19-14-17(7-3)16(6-2)13-15(19)4/h8-14H,5-7H2,1-4H3,(H,21,22). The molecule has 1 N–H and O–H groups in total. The van der Waals surface area contributed by atoms with Gasteiger partial charge < -0.3 is 5.11 Å². The first-order valence-corrected chi connectivity index (χ1v) is 7.94. The van der Waals surface area contributed by atoms with Crippen molar-refractivity contribution in [2.45, 2.75) is 47.0 Å². The summed E-state index contributed by atoms with van der Waals surface area (Å²) in [5.74, 6) is -0.890. The number of carboxylic acids is 1. The smallest absolute Gasteiger partial charge is 0.336 e. The molecule has 0 heterocycles. The summed E-state index contributed by atoms with van der Waals surface area (Å²) < 4.78 is 0. The molecule has 0 aliphatic carbocycles. The Kier molecular flexibility index (Phi) is 7.38. The van der Waals surface area contributed by atoms with Gasteiger partial charge in [-0.3, -0.25) is 0 Å². The van der Waals surface area contributed by atoms with Crippen LogP contribution < -0.4 is 0 Å². The van der Waals surface area contributed by atoms with Gasteiger partial charge in [0, 0.05) is 0 Å². The van der Waals surface area contributed by atoms with Crippen molar-refractivity contribution >= 4 is 11.5 Å². The van der Waals surface area contributed by atoms with E-state index >= 15 is 0 Å². The number of hydrogen-bond acceptors (Lipinski definition) is 1. The van der Waals surface area contributed by atoms with Crippen molar-refractivity contribution in [1.82, 2.24) is 0 Å². The Balaban J connectivity index is 3.27. The molecule has 0 aromatic heterocycles. The van der Waals surface area contributed by atoms with Gasteiger partial charge in [-0.2, -0.15) is 0 Å². The maximum absolute atomic E-state index is 11.6. The number of benzene rings is 1. The Bertz CT molecular complexity index is 604. The van der Waals surface area contributed by atoms with E-state index in [1.165, 1.54) is 11.1 Å². The van der Waals surface area contributed by atoms with Gasteiger partial charge in [0.25, 0.3) is 0 Å². The Hall–Kier alpha value is -2.09. The molecule has 118 valence electrons. The zero-order valence-corrected chi connectivity index (χ0v) is 14.0. The summed E-state index contributed by atoms with van der Waals surface area (Å²) in [5, 5.41) is 9.52.